The summed E-state index contributed by atoms with van der Waals surface area (Å²) < 4.78 is 2.01. The van der Waals surface area contributed by atoms with Gasteiger partial charge in [0.15, 0.2) is 0 Å². The Morgan fingerprint density at radius 2 is 1.59 bits per heavy atom. The summed E-state index contributed by atoms with van der Waals surface area (Å²) in [5, 5.41) is 5.09. The quantitative estimate of drug-likeness (QED) is 0.373. The Morgan fingerprint density at radius 1 is 0.926 bits per heavy atom. The number of halogens is 2. The minimum Gasteiger partial charge on any atom is -0.361 e. The van der Waals surface area contributed by atoms with E-state index < -0.39 is 0 Å². The van der Waals surface area contributed by atoms with Gasteiger partial charge in [-0.05, 0) is 24.3 Å². The number of carbonyl (C=O) groups is 1. The van der Waals surface area contributed by atoms with Gasteiger partial charge in [-0.25, -0.2) is 0 Å². The number of nitrogens with one attached hydrogen (secondary N) is 3. The molecule has 0 radical (unpaired) electrons. The normalized spacial score (nSPS) is 17.3. The van der Waals surface area contributed by atoms with Crippen molar-refractivity contribution in [1.29, 1.82) is 0 Å². The number of carbonyl (C=O) groups excluding carboxylic acids is 1. The van der Waals surface area contributed by atoms with Crippen molar-refractivity contribution in [2.45, 2.75) is 6.04 Å². The van der Waals surface area contributed by atoms with Crippen LogP contribution in [0.1, 0.15) is 17.2 Å². The summed E-state index contributed by atoms with van der Waals surface area (Å²) in [6, 6.07) is 12.0. The van der Waals surface area contributed by atoms with E-state index in [-0.39, 0.29) is 11.9 Å². The van der Waals surface area contributed by atoms with Crippen LogP contribution in [0.3, 0.4) is 0 Å². The zero-order valence-electron chi connectivity index (χ0n) is 14.0. The third-order valence-corrected chi connectivity index (χ3v) is 5.88. The lowest BCUT2D eigenvalue weighted by atomic mass is 10.0. The molecule has 3 N–H and O–H groups in total. The zero-order valence-corrected chi connectivity index (χ0v) is 17.2. The summed E-state index contributed by atoms with van der Waals surface area (Å²) in [6.07, 6.45) is 3.83. The van der Waals surface area contributed by atoms with E-state index in [0.29, 0.717) is 12.3 Å². The fourth-order valence-corrected chi connectivity index (χ4v) is 4.32. The summed E-state index contributed by atoms with van der Waals surface area (Å²) >= 11 is 6.97. The third kappa shape index (κ3) is 2.82. The number of aliphatic imine (C=N–C) groups is 1. The average Bonchev–Trinajstić information content (AvgIpc) is 3.25. The summed E-state index contributed by atoms with van der Waals surface area (Å²) in [6.45, 7) is 0.485. The highest BCUT2D eigenvalue weighted by molar-refractivity contribution is 9.10. The van der Waals surface area contributed by atoms with Crippen LogP contribution in [0.4, 0.5) is 0 Å². The van der Waals surface area contributed by atoms with Crippen molar-refractivity contribution in [3.05, 3.63) is 68.9 Å². The molecule has 0 bridgehead atoms. The van der Waals surface area contributed by atoms with Crippen LogP contribution in [0, 0.1) is 0 Å². The van der Waals surface area contributed by atoms with Crippen LogP contribution in [0.2, 0.25) is 0 Å². The Bertz CT molecular complexity index is 1240. The van der Waals surface area contributed by atoms with E-state index in [1.807, 2.05) is 42.7 Å². The van der Waals surface area contributed by atoms with Gasteiger partial charge in [0.1, 0.15) is 5.71 Å². The average molecular weight is 486 g/mol. The third-order valence-electron chi connectivity index (χ3n) is 4.89. The van der Waals surface area contributed by atoms with Gasteiger partial charge in [0.25, 0.3) is 5.91 Å². The predicted molar refractivity (Wildman–Crippen MR) is 114 cm³/mol. The molecule has 0 aliphatic carbocycles. The van der Waals surface area contributed by atoms with Gasteiger partial charge in [-0.15, -0.1) is 0 Å². The molecule has 1 unspecified atom stereocenters. The van der Waals surface area contributed by atoms with Crippen LogP contribution < -0.4 is 5.32 Å². The standard InChI is InChI=1S/C20H14Br2N4O/c21-10-1-3-12-14(7-23-16(12)5-10)18-9-25-20(27)19(26-18)15-8-24-17-6-11(22)2-4-13(15)17/h1-8,18,23-24H,9H2,(H,25,27). The summed E-state index contributed by atoms with van der Waals surface area (Å²) in [4.78, 5) is 23.9. The lowest BCUT2D eigenvalue weighted by Crippen LogP contribution is -2.39. The molecule has 2 aromatic carbocycles. The van der Waals surface area contributed by atoms with Crippen molar-refractivity contribution in [2.75, 3.05) is 6.54 Å². The number of hydrogen-bond donors (Lipinski definition) is 3. The molecule has 1 amide bonds. The molecule has 3 heterocycles. The topological polar surface area (TPSA) is 73.0 Å². The summed E-state index contributed by atoms with van der Waals surface area (Å²) in [7, 11) is 0. The van der Waals surface area contributed by atoms with Crippen molar-refractivity contribution in [2.24, 2.45) is 4.99 Å². The van der Waals surface area contributed by atoms with Gasteiger partial charge < -0.3 is 15.3 Å². The largest absolute Gasteiger partial charge is 0.361 e. The molecule has 5 nitrogen and oxygen atoms in total. The lowest BCUT2D eigenvalue weighted by Gasteiger charge is -2.21. The number of H-pyrrole nitrogens is 2. The van der Waals surface area contributed by atoms with E-state index in [1.165, 1.54) is 0 Å². The first-order valence-corrected chi connectivity index (χ1v) is 10.1. The maximum atomic E-state index is 12.5. The minimum atomic E-state index is -0.141. The van der Waals surface area contributed by atoms with Crippen molar-refractivity contribution in [1.82, 2.24) is 15.3 Å². The Hall–Kier alpha value is -2.38. The smallest absolute Gasteiger partial charge is 0.270 e. The second-order valence-corrected chi connectivity index (χ2v) is 8.36. The van der Waals surface area contributed by atoms with Gasteiger partial charge in [-0.1, -0.05) is 44.0 Å². The molecule has 5 rings (SSSR count). The molecule has 27 heavy (non-hydrogen) atoms. The van der Waals surface area contributed by atoms with Gasteiger partial charge in [0, 0.05) is 60.8 Å². The van der Waals surface area contributed by atoms with Gasteiger partial charge in [0.2, 0.25) is 0 Å². The molecule has 1 aliphatic rings. The number of rotatable bonds is 2. The van der Waals surface area contributed by atoms with E-state index in [0.717, 1.165) is 41.9 Å². The van der Waals surface area contributed by atoms with Crippen LogP contribution in [0.15, 0.2) is 62.7 Å². The number of fused-ring (bicyclic) bond motifs is 2. The number of aromatic amines is 2. The van der Waals surface area contributed by atoms with Gasteiger partial charge in [-0.3, -0.25) is 9.79 Å². The SMILES string of the molecule is O=C1NCC(c2c[nH]c3cc(Br)ccc23)N=C1c1c[nH]c2cc(Br)ccc12. The first-order valence-electron chi connectivity index (χ1n) is 8.50. The highest BCUT2D eigenvalue weighted by Gasteiger charge is 2.27. The van der Waals surface area contributed by atoms with Crippen molar-refractivity contribution in [3.63, 3.8) is 0 Å². The van der Waals surface area contributed by atoms with Crippen LogP contribution in [-0.2, 0) is 4.79 Å². The fourth-order valence-electron chi connectivity index (χ4n) is 3.60. The zero-order chi connectivity index (χ0) is 18.5. The van der Waals surface area contributed by atoms with Crippen molar-refractivity contribution < 1.29 is 4.79 Å². The second kappa shape index (κ2) is 6.35. The Labute approximate surface area is 171 Å². The highest BCUT2D eigenvalue weighted by atomic mass is 79.9. The van der Waals surface area contributed by atoms with E-state index in [2.05, 4.69) is 53.2 Å². The van der Waals surface area contributed by atoms with Crippen LogP contribution >= 0.6 is 31.9 Å². The van der Waals surface area contributed by atoms with E-state index in [1.54, 1.807) is 0 Å². The molecular formula is C20H14Br2N4O. The maximum absolute atomic E-state index is 12.5. The molecule has 1 atom stereocenters. The van der Waals surface area contributed by atoms with Crippen LogP contribution in [0.5, 0.6) is 0 Å². The van der Waals surface area contributed by atoms with E-state index >= 15 is 0 Å². The fraction of sp³-hybridized carbons (Fsp3) is 0.100. The van der Waals surface area contributed by atoms with E-state index in [4.69, 9.17) is 4.99 Å². The van der Waals surface area contributed by atoms with Gasteiger partial charge >= 0.3 is 0 Å². The molecule has 0 saturated carbocycles. The highest BCUT2D eigenvalue weighted by Crippen LogP contribution is 2.31. The summed E-state index contributed by atoms with van der Waals surface area (Å²) in [5.41, 5.74) is 4.38. The number of hydrogen-bond acceptors (Lipinski definition) is 2. The molecule has 0 saturated heterocycles. The van der Waals surface area contributed by atoms with Gasteiger partial charge in [-0.2, -0.15) is 0 Å². The Morgan fingerprint density at radius 3 is 2.37 bits per heavy atom. The number of amides is 1. The molecule has 7 heteroatoms. The van der Waals surface area contributed by atoms with E-state index in [9.17, 15) is 4.79 Å². The van der Waals surface area contributed by atoms with Gasteiger partial charge in [0.05, 0.1) is 6.04 Å². The Kier molecular flexibility index (Phi) is 3.94. The number of benzene rings is 2. The monoisotopic (exact) mass is 484 g/mol. The van der Waals surface area contributed by atoms with Crippen LogP contribution in [0.25, 0.3) is 21.8 Å². The maximum Gasteiger partial charge on any atom is 0.270 e. The number of aromatic nitrogens is 2. The Balaban J connectivity index is 1.63. The minimum absolute atomic E-state index is 0.131. The first kappa shape index (κ1) is 16.8. The molecule has 1 aliphatic heterocycles. The molecule has 134 valence electrons. The molecule has 2 aromatic heterocycles. The predicted octanol–water partition coefficient (Wildman–Crippen LogP) is 4.83. The molecule has 0 spiro atoms. The summed E-state index contributed by atoms with van der Waals surface area (Å²) in [5.74, 6) is -0.141. The first-order chi connectivity index (χ1) is 13.1. The van der Waals surface area contributed by atoms with Crippen LogP contribution in [-0.4, -0.2) is 28.1 Å². The lowest BCUT2D eigenvalue weighted by molar-refractivity contribution is -0.115. The second-order valence-electron chi connectivity index (χ2n) is 6.53. The number of nitrogens with zero attached hydrogens (tertiary/aromatic N) is 1. The van der Waals surface area contributed by atoms with Crippen molar-refractivity contribution >= 4 is 65.3 Å². The molecular weight excluding hydrogens is 472 g/mol. The molecule has 0 fully saturated rings. The van der Waals surface area contributed by atoms with Crippen molar-refractivity contribution in [3.8, 4) is 0 Å². The molecule has 4 aromatic rings.